The maximum atomic E-state index is 12.2. The van der Waals surface area contributed by atoms with E-state index in [-0.39, 0.29) is 12.1 Å². The molecular formula is C23H42O2. The van der Waals surface area contributed by atoms with Crippen molar-refractivity contribution in [2.45, 2.75) is 129 Å². The summed E-state index contributed by atoms with van der Waals surface area (Å²) in [4.78, 5) is 12.2. The van der Waals surface area contributed by atoms with Crippen molar-refractivity contribution in [3.63, 3.8) is 0 Å². The first-order chi connectivity index (χ1) is 12.3. The lowest BCUT2D eigenvalue weighted by molar-refractivity contribution is -0.156. The molecule has 0 aromatic heterocycles. The zero-order chi connectivity index (χ0) is 17.7. The van der Waals surface area contributed by atoms with E-state index in [1.165, 1.54) is 96.3 Å². The number of esters is 1. The number of hydrogen-bond acceptors (Lipinski definition) is 2. The van der Waals surface area contributed by atoms with Gasteiger partial charge in [-0.25, -0.2) is 0 Å². The van der Waals surface area contributed by atoms with Crippen LogP contribution in [0.15, 0.2) is 0 Å². The van der Waals surface area contributed by atoms with Crippen LogP contribution in [-0.4, -0.2) is 12.1 Å². The Kier molecular flexibility index (Phi) is 10.6. The summed E-state index contributed by atoms with van der Waals surface area (Å²) in [6.07, 6.45) is 23.2. The molecule has 2 saturated carbocycles. The Balaban J connectivity index is 1.47. The zero-order valence-corrected chi connectivity index (χ0v) is 16.8. The third-order valence-electron chi connectivity index (χ3n) is 6.53. The maximum absolute atomic E-state index is 12.2. The van der Waals surface area contributed by atoms with Crippen molar-refractivity contribution >= 4 is 5.97 Å². The summed E-state index contributed by atoms with van der Waals surface area (Å²) in [6.45, 7) is 2.27. The smallest absolute Gasteiger partial charge is 0.306 e. The lowest BCUT2D eigenvalue weighted by Gasteiger charge is -2.40. The number of rotatable bonds is 12. The molecule has 0 radical (unpaired) electrons. The van der Waals surface area contributed by atoms with E-state index in [0.717, 1.165) is 18.8 Å². The van der Waals surface area contributed by atoms with Crippen molar-refractivity contribution in [3.8, 4) is 0 Å². The van der Waals surface area contributed by atoms with Crippen molar-refractivity contribution in [1.82, 2.24) is 0 Å². The van der Waals surface area contributed by atoms with Crippen molar-refractivity contribution in [1.29, 1.82) is 0 Å². The Bertz CT molecular complexity index is 350. The number of unbranched alkanes of at least 4 members (excludes halogenated alkanes) is 9. The van der Waals surface area contributed by atoms with Crippen LogP contribution in [0.2, 0.25) is 0 Å². The van der Waals surface area contributed by atoms with Crippen LogP contribution in [0.5, 0.6) is 0 Å². The van der Waals surface area contributed by atoms with Crippen LogP contribution in [-0.2, 0) is 9.53 Å². The largest absolute Gasteiger partial charge is 0.462 e. The van der Waals surface area contributed by atoms with Crippen molar-refractivity contribution < 1.29 is 9.53 Å². The van der Waals surface area contributed by atoms with E-state index < -0.39 is 0 Å². The highest BCUT2D eigenvalue weighted by Crippen LogP contribution is 2.41. The molecule has 0 N–H and O–H groups in total. The Morgan fingerprint density at radius 3 is 2.08 bits per heavy atom. The number of carbonyl (C=O) groups is 1. The Labute approximate surface area is 156 Å². The van der Waals surface area contributed by atoms with Crippen LogP contribution < -0.4 is 0 Å². The molecule has 146 valence electrons. The van der Waals surface area contributed by atoms with Gasteiger partial charge in [-0.3, -0.25) is 4.79 Å². The summed E-state index contributed by atoms with van der Waals surface area (Å²) < 4.78 is 5.90. The van der Waals surface area contributed by atoms with Gasteiger partial charge in [-0.1, -0.05) is 84.0 Å². The number of hydrogen-bond donors (Lipinski definition) is 0. The number of carbonyl (C=O) groups excluding carboxylic acids is 1. The first-order valence-electron chi connectivity index (χ1n) is 11.5. The second kappa shape index (κ2) is 12.8. The molecule has 3 atom stereocenters. The molecule has 0 amide bonds. The summed E-state index contributed by atoms with van der Waals surface area (Å²) in [5, 5.41) is 0. The van der Waals surface area contributed by atoms with Gasteiger partial charge in [0.1, 0.15) is 6.10 Å². The average Bonchev–Trinajstić information content (AvgIpc) is 2.63. The van der Waals surface area contributed by atoms with Crippen molar-refractivity contribution in [3.05, 3.63) is 0 Å². The lowest BCUT2D eigenvalue weighted by Crippen LogP contribution is -2.37. The monoisotopic (exact) mass is 350 g/mol. The van der Waals surface area contributed by atoms with Gasteiger partial charge < -0.3 is 4.74 Å². The summed E-state index contributed by atoms with van der Waals surface area (Å²) in [6, 6.07) is 0. The fourth-order valence-electron chi connectivity index (χ4n) is 5.01. The van der Waals surface area contributed by atoms with Gasteiger partial charge in [0.2, 0.25) is 0 Å². The molecule has 2 rings (SSSR count). The van der Waals surface area contributed by atoms with E-state index in [1.54, 1.807) is 0 Å². The molecule has 0 bridgehead atoms. The molecule has 25 heavy (non-hydrogen) atoms. The SMILES string of the molecule is CCCCCCCCCCCCC(=O)OC1CCCC2CCCCC21. The molecule has 3 unspecified atom stereocenters. The van der Waals surface area contributed by atoms with Gasteiger partial charge in [-0.2, -0.15) is 0 Å². The van der Waals surface area contributed by atoms with Gasteiger partial charge in [0.25, 0.3) is 0 Å². The van der Waals surface area contributed by atoms with Crippen LogP contribution in [0.3, 0.4) is 0 Å². The number of ether oxygens (including phenoxy) is 1. The molecular weight excluding hydrogens is 308 g/mol. The van der Waals surface area contributed by atoms with Crippen LogP contribution in [0.25, 0.3) is 0 Å². The molecule has 0 spiro atoms. The molecule has 0 aliphatic heterocycles. The third kappa shape index (κ3) is 8.13. The highest BCUT2D eigenvalue weighted by atomic mass is 16.5. The van der Waals surface area contributed by atoms with E-state index in [2.05, 4.69) is 6.92 Å². The van der Waals surface area contributed by atoms with E-state index in [9.17, 15) is 4.79 Å². The molecule has 0 aromatic carbocycles. The van der Waals surface area contributed by atoms with Crippen molar-refractivity contribution in [2.24, 2.45) is 11.8 Å². The lowest BCUT2D eigenvalue weighted by atomic mass is 9.69. The topological polar surface area (TPSA) is 26.3 Å². The fraction of sp³-hybridized carbons (Fsp3) is 0.957. The molecule has 0 heterocycles. The first kappa shape index (κ1) is 20.8. The summed E-state index contributed by atoms with van der Waals surface area (Å²) in [5.74, 6) is 1.60. The minimum atomic E-state index is 0.0794. The second-order valence-electron chi connectivity index (χ2n) is 8.60. The molecule has 0 aromatic rings. The van der Waals surface area contributed by atoms with E-state index in [1.807, 2.05) is 0 Å². The van der Waals surface area contributed by atoms with Crippen LogP contribution in [0, 0.1) is 11.8 Å². The fourth-order valence-corrected chi connectivity index (χ4v) is 5.01. The predicted molar refractivity (Wildman–Crippen MR) is 106 cm³/mol. The highest BCUT2D eigenvalue weighted by Gasteiger charge is 2.36. The molecule has 2 fully saturated rings. The molecule has 2 heteroatoms. The Morgan fingerprint density at radius 2 is 1.36 bits per heavy atom. The van der Waals surface area contributed by atoms with Gasteiger partial charge >= 0.3 is 5.97 Å². The van der Waals surface area contributed by atoms with Crippen molar-refractivity contribution in [2.75, 3.05) is 0 Å². The minimum absolute atomic E-state index is 0.0794. The van der Waals surface area contributed by atoms with E-state index >= 15 is 0 Å². The molecule has 2 nitrogen and oxygen atoms in total. The molecule has 0 saturated heterocycles. The Hall–Kier alpha value is -0.530. The summed E-state index contributed by atoms with van der Waals surface area (Å²) >= 11 is 0. The van der Waals surface area contributed by atoms with Gasteiger partial charge in [-0.15, -0.1) is 0 Å². The number of fused-ring (bicyclic) bond motifs is 1. The standard InChI is InChI=1S/C23H42O2/c1-2-3-4-5-6-7-8-9-10-11-19-23(24)25-22-18-14-16-20-15-12-13-17-21(20)22/h20-22H,2-19H2,1H3. The van der Waals surface area contributed by atoms with Crippen LogP contribution in [0.4, 0.5) is 0 Å². The third-order valence-corrected chi connectivity index (χ3v) is 6.53. The normalized spacial score (nSPS) is 26.2. The second-order valence-corrected chi connectivity index (χ2v) is 8.60. The summed E-state index contributed by atoms with van der Waals surface area (Å²) in [5.41, 5.74) is 0. The first-order valence-corrected chi connectivity index (χ1v) is 11.5. The van der Waals surface area contributed by atoms with Gasteiger partial charge in [0, 0.05) is 6.42 Å². The van der Waals surface area contributed by atoms with Crippen LogP contribution in [0.1, 0.15) is 122 Å². The van der Waals surface area contributed by atoms with Crippen LogP contribution >= 0.6 is 0 Å². The van der Waals surface area contributed by atoms with Gasteiger partial charge in [-0.05, 0) is 43.9 Å². The zero-order valence-electron chi connectivity index (χ0n) is 16.8. The Morgan fingerprint density at radius 1 is 0.760 bits per heavy atom. The maximum Gasteiger partial charge on any atom is 0.306 e. The minimum Gasteiger partial charge on any atom is -0.462 e. The quantitative estimate of drug-likeness (QED) is 0.275. The summed E-state index contributed by atoms with van der Waals surface area (Å²) in [7, 11) is 0. The van der Waals surface area contributed by atoms with Gasteiger partial charge in [0.15, 0.2) is 0 Å². The van der Waals surface area contributed by atoms with E-state index in [4.69, 9.17) is 4.74 Å². The van der Waals surface area contributed by atoms with E-state index in [0.29, 0.717) is 12.3 Å². The molecule has 2 aliphatic carbocycles. The highest BCUT2D eigenvalue weighted by molar-refractivity contribution is 5.69. The average molecular weight is 351 g/mol. The van der Waals surface area contributed by atoms with Gasteiger partial charge in [0.05, 0.1) is 0 Å². The molecule has 2 aliphatic rings. The predicted octanol–water partition coefficient (Wildman–Crippen LogP) is 7.20.